The number of ether oxygens (including phenoxy) is 1. The molecule has 1 saturated heterocycles. The molecule has 2 aliphatic heterocycles. The topological polar surface area (TPSA) is 79.2 Å². The quantitative estimate of drug-likeness (QED) is 0.719. The number of hydrogen-bond donors (Lipinski definition) is 1. The van der Waals surface area contributed by atoms with Crippen LogP contribution in [0.15, 0.2) is 36.4 Å². The first-order valence-electron chi connectivity index (χ1n) is 10.8. The van der Waals surface area contributed by atoms with Crippen molar-refractivity contribution >= 4 is 11.8 Å². The minimum Gasteiger partial charge on any atom is -0.457 e. The van der Waals surface area contributed by atoms with Gasteiger partial charge in [0.1, 0.15) is 12.4 Å². The third kappa shape index (κ3) is 3.75. The molecule has 0 radical (unpaired) electrons. The lowest BCUT2D eigenvalue weighted by molar-refractivity contribution is -0.122. The molecule has 2 heterocycles. The van der Waals surface area contributed by atoms with Crippen molar-refractivity contribution in [2.45, 2.75) is 50.8 Å². The van der Waals surface area contributed by atoms with Crippen molar-refractivity contribution in [1.82, 2.24) is 5.32 Å². The van der Waals surface area contributed by atoms with E-state index in [4.69, 9.17) is 4.74 Å². The van der Waals surface area contributed by atoms with Crippen LogP contribution in [0.2, 0.25) is 0 Å². The van der Waals surface area contributed by atoms with Gasteiger partial charge in [-0.1, -0.05) is 18.2 Å². The Balaban J connectivity index is 1.28. The summed E-state index contributed by atoms with van der Waals surface area (Å²) in [6, 6.07) is 12.8. The van der Waals surface area contributed by atoms with E-state index in [1.54, 1.807) is 18.2 Å². The standard InChI is InChI=1S/C25H23FN2O3/c26-22-11-16(15-4-6-21-19(9-15)13-31-25(21)30)1-2-17(22)7-14(12-27)8-23(29)24-18-3-5-20(10-18)28-24/h1-2,4,6,9,11,14,18,20,24,28H,3,5,7-8,10,13H2/t14?,18-,20+,24-/m0/s1. The maximum absolute atomic E-state index is 14.8. The summed E-state index contributed by atoms with van der Waals surface area (Å²) in [6.07, 6.45) is 3.61. The summed E-state index contributed by atoms with van der Waals surface area (Å²) in [4.78, 5) is 24.3. The first-order valence-corrected chi connectivity index (χ1v) is 10.8. The van der Waals surface area contributed by atoms with Crippen molar-refractivity contribution in [2.75, 3.05) is 0 Å². The zero-order valence-electron chi connectivity index (χ0n) is 17.1. The zero-order valence-corrected chi connectivity index (χ0v) is 17.1. The van der Waals surface area contributed by atoms with Gasteiger partial charge in [-0.15, -0.1) is 0 Å². The fourth-order valence-electron chi connectivity index (χ4n) is 5.22. The van der Waals surface area contributed by atoms with Crippen LogP contribution in [0.3, 0.4) is 0 Å². The van der Waals surface area contributed by atoms with Crippen molar-refractivity contribution in [3.8, 4) is 17.2 Å². The van der Waals surface area contributed by atoms with Crippen LogP contribution in [0.25, 0.3) is 11.1 Å². The lowest BCUT2D eigenvalue weighted by Crippen LogP contribution is -2.42. The summed E-state index contributed by atoms with van der Waals surface area (Å²) in [6.45, 7) is 0.234. The second kappa shape index (κ2) is 7.90. The van der Waals surface area contributed by atoms with Crippen LogP contribution >= 0.6 is 0 Å². The predicted molar refractivity (Wildman–Crippen MR) is 111 cm³/mol. The van der Waals surface area contributed by atoms with E-state index in [1.165, 1.54) is 6.07 Å². The molecule has 0 spiro atoms. The summed E-state index contributed by atoms with van der Waals surface area (Å²) >= 11 is 0. The number of rotatable bonds is 6. The fraction of sp³-hybridized carbons (Fsp3) is 0.400. The Kier molecular flexibility index (Phi) is 5.07. The smallest absolute Gasteiger partial charge is 0.338 e. The van der Waals surface area contributed by atoms with Crippen LogP contribution in [-0.2, 0) is 22.6 Å². The number of fused-ring (bicyclic) bond motifs is 3. The number of carbonyl (C=O) groups is 2. The summed E-state index contributed by atoms with van der Waals surface area (Å²) in [7, 11) is 0. The van der Waals surface area contributed by atoms with Crippen molar-refractivity contribution in [3.63, 3.8) is 0 Å². The minimum absolute atomic E-state index is 0.0747. The first kappa shape index (κ1) is 19.9. The minimum atomic E-state index is -0.545. The molecule has 6 heteroatoms. The van der Waals surface area contributed by atoms with Crippen LogP contribution < -0.4 is 5.32 Å². The van der Waals surface area contributed by atoms with E-state index in [9.17, 15) is 19.2 Å². The molecule has 1 unspecified atom stereocenters. The normalized spacial score (nSPS) is 24.5. The van der Waals surface area contributed by atoms with Crippen molar-refractivity contribution in [2.24, 2.45) is 11.8 Å². The van der Waals surface area contributed by atoms with Crippen LogP contribution in [0.1, 0.15) is 47.2 Å². The molecule has 31 heavy (non-hydrogen) atoms. The van der Waals surface area contributed by atoms with Gasteiger partial charge in [0, 0.05) is 18.0 Å². The molecule has 0 aromatic heterocycles. The molecule has 158 valence electrons. The highest BCUT2D eigenvalue weighted by Gasteiger charge is 2.42. The number of hydrogen-bond acceptors (Lipinski definition) is 5. The number of carbonyl (C=O) groups excluding carboxylic acids is 2. The van der Waals surface area contributed by atoms with Crippen molar-refractivity contribution in [3.05, 3.63) is 58.9 Å². The molecule has 2 aromatic carbocycles. The number of benzene rings is 2. The number of nitrogens with one attached hydrogen (secondary N) is 1. The maximum Gasteiger partial charge on any atom is 0.338 e. The van der Waals surface area contributed by atoms with Crippen LogP contribution in [0, 0.1) is 29.0 Å². The average Bonchev–Trinajstić information content (AvgIpc) is 3.50. The first-order chi connectivity index (χ1) is 15.0. The van der Waals surface area contributed by atoms with Gasteiger partial charge >= 0.3 is 5.97 Å². The van der Waals surface area contributed by atoms with E-state index in [0.29, 0.717) is 28.7 Å². The van der Waals surface area contributed by atoms with E-state index in [1.807, 2.05) is 12.1 Å². The molecule has 0 amide bonds. The number of nitriles is 1. The molecule has 5 rings (SSSR count). The van der Waals surface area contributed by atoms with Gasteiger partial charge in [-0.2, -0.15) is 5.26 Å². The van der Waals surface area contributed by atoms with Crippen molar-refractivity contribution in [1.29, 1.82) is 5.26 Å². The molecule has 2 aromatic rings. The number of halogens is 1. The Morgan fingerprint density at radius 2 is 2.03 bits per heavy atom. The Bertz CT molecular complexity index is 1110. The SMILES string of the molecule is N#CC(CC(=O)[C@H]1N[C@@H]2CC[C@H]1C2)Cc1ccc(-c2ccc3c(c2)COC3=O)cc1F. The Morgan fingerprint density at radius 1 is 1.23 bits per heavy atom. The molecule has 2 fully saturated rings. The maximum atomic E-state index is 14.8. The molecule has 1 aliphatic carbocycles. The number of cyclic esters (lactones) is 1. The third-order valence-electron chi connectivity index (χ3n) is 6.87. The number of Topliss-reactive ketones (excluding diaryl/α,β-unsaturated/α-hetero) is 1. The largest absolute Gasteiger partial charge is 0.457 e. The molecular formula is C25H23FN2O3. The van der Waals surface area contributed by atoms with Gasteiger partial charge in [0.15, 0.2) is 5.78 Å². The van der Waals surface area contributed by atoms with E-state index in [2.05, 4.69) is 11.4 Å². The second-order valence-corrected chi connectivity index (χ2v) is 8.87. The van der Waals surface area contributed by atoms with Crippen molar-refractivity contribution < 1.29 is 18.7 Å². The Morgan fingerprint density at radius 3 is 2.74 bits per heavy atom. The third-order valence-corrected chi connectivity index (χ3v) is 6.87. The summed E-state index contributed by atoms with van der Waals surface area (Å²) in [5, 5.41) is 12.9. The van der Waals surface area contributed by atoms with Gasteiger partial charge in [-0.3, -0.25) is 4.79 Å². The highest BCUT2D eigenvalue weighted by molar-refractivity contribution is 5.94. The molecule has 5 nitrogen and oxygen atoms in total. The van der Waals surface area contributed by atoms with Gasteiger partial charge in [-0.25, -0.2) is 9.18 Å². The highest BCUT2D eigenvalue weighted by atomic mass is 19.1. The van der Waals surface area contributed by atoms with Crippen LogP contribution in [-0.4, -0.2) is 23.8 Å². The molecule has 3 aliphatic rings. The van der Waals surface area contributed by atoms with E-state index in [-0.39, 0.29) is 37.2 Å². The second-order valence-electron chi connectivity index (χ2n) is 8.87. The molecular weight excluding hydrogens is 395 g/mol. The van der Waals surface area contributed by atoms with Crippen LogP contribution in [0.4, 0.5) is 4.39 Å². The number of piperidine rings is 1. The van der Waals surface area contributed by atoms with E-state index in [0.717, 1.165) is 30.4 Å². The molecule has 2 bridgehead atoms. The molecule has 4 atom stereocenters. The summed E-state index contributed by atoms with van der Waals surface area (Å²) < 4.78 is 19.9. The van der Waals surface area contributed by atoms with Gasteiger partial charge in [0.2, 0.25) is 0 Å². The molecule has 1 saturated carbocycles. The zero-order chi connectivity index (χ0) is 21.5. The average molecular weight is 418 g/mol. The van der Waals surface area contributed by atoms with Gasteiger partial charge in [0.05, 0.1) is 23.6 Å². The lowest BCUT2D eigenvalue weighted by Gasteiger charge is -2.22. The monoisotopic (exact) mass is 418 g/mol. The van der Waals surface area contributed by atoms with Crippen LogP contribution in [0.5, 0.6) is 0 Å². The van der Waals surface area contributed by atoms with Gasteiger partial charge < -0.3 is 10.1 Å². The Hall–Kier alpha value is -3.04. The van der Waals surface area contributed by atoms with E-state index < -0.39 is 11.7 Å². The van der Waals surface area contributed by atoms with Gasteiger partial charge in [-0.05, 0) is 66.5 Å². The summed E-state index contributed by atoms with van der Waals surface area (Å²) in [5.74, 6) is -0.805. The fourth-order valence-corrected chi connectivity index (χ4v) is 5.22. The number of nitrogens with zero attached hydrogens (tertiary/aromatic N) is 1. The highest BCUT2D eigenvalue weighted by Crippen LogP contribution is 2.36. The Labute approximate surface area is 180 Å². The van der Waals surface area contributed by atoms with Gasteiger partial charge in [0.25, 0.3) is 0 Å². The predicted octanol–water partition coefficient (Wildman–Crippen LogP) is 3.95. The van der Waals surface area contributed by atoms with E-state index >= 15 is 0 Å². The summed E-state index contributed by atoms with van der Waals surface area (Å²) in [5.41, 5.74) is 3.27. The molecule has 1 N–H and O–H groups in total. The lowest BCUT2D eigenvalue weighted by atomic mass is 9.88. The number of esters is 1. The number of ketones is 1.